The van der Waals surface area contributed by atoms with Crippen LogP contribution in [0.15, 0.2) is 42.5 Å². The van der Waals surface area contributed by atoms with E-state index in [1.165, 1.54) is 12.1 Å². The molecular weight excluding hydrogens is 297 g/mol. The van der Waals surface area contributed by atoms with Gasteiger partial charge in [0.1, 0.15) is 5.82 Å². The Morgan fingerprint density at radius 1 is 1.00 bits per heavy atom. The van der Waals surface area contributed by atoms with Gasteiger partial charge in [-0.2, -0.15) is 0 Å². The van der Waals surface area contributed by atoms with E-state index in [2.05, 4.69) is 10.6 Å². The third-order valence-electron chi connectivity index (χ3n) is 2.58. The first-order valence-corrected chi connectivity index (χ1v) is 6.26. The fourth-order valence-corrected chi connectivity index (χ4v) is 1.82. The number of rotatable bonds is 3. The molecule has 0 bridgehead atoms. The average Bonchev–Trinajstić information content (AvgIpc) is 2.43. The van der Waals surface area contributed by atoms with Crippen LogP contribution in [0.3, 0.4) is 0 Å². The van der Waals surface area contributed by atoms with Crippen molar-refractivity contribution in [2.24, 2.45) is 5.73 Å². The van der Waals surface area contributed by atoms with Crippen LogP contribution in [0.5, 0.6) is 0 Å². The van der Waals surface area contributed by atoms with E-state index in [0.717, 1.165) is 6.07 Å². The molecule has 108 valence electrons. The van der Waals surface area contributed by atoms with Crippen molar-refractivity contribution in [3.63, 3.8) is 0 Å². The van der Waals surface area contributed by atoms with Crippen LogP contribution >= 0.6 is 11.6 Å². The van der Waals surface area contributed by atoms with Gasteiger partial charge in [-0.3, -0.25) is 4.79 Å². The summed E-state index contributed by atoms with van der Waals surface area (Å²) in [5.74, 6) is -1.28. The number of amides is 3. The highest BCUT2D eigenvalue weighted by molar-refractivity contribution is 6.31. The molecule has 2 aromatic carbocycles. The van der Waals surface area contributed by atoms with Crippen LogP contribution < -0.4 is 16.4 Å². The minimum atomic E-state index is -0.687. The predicted molar refractivity (Wildman–Crippen MR) is 79.0 cm³/mol. The van der Waals surface area contributed by atoms with Crippen LogP contribution in [0.25, 0.3) is 0 Å². The molecule has 0 atom stereocenters. The van der Waals surface area contributed by atoms with E-state index in [-0.39, 0.29) is 10.6 Å². The molecule has 0 heterocycles. The van der Waals surface area contributed by atoms with Crippen molar-refractivity contribution >= 4 is 34.9 Å². The molecule has 0 unspecified atom stereocenters. The van der Waals surface area contributed by atoms with Crippen molar-refractivity contribution < 1.29 is 14.0 Å². The summed E-state index contributed by atoms with van der Waals surface area (Å²) in [6.45, 7) is 0. The number of benzene rings is 2. The van der Waals surface area contributed by atoms with Crippen LogP contribution in [0.2, 0.25) is 5.02 Å². The van der Waals surface area contributed by atoms with Crippen molar-refractivity contribution in [3.8, 4) is 0 Å². The van der Waals surface area contributed by atoms with E-state index in [1.54, 1.807) is 24.3 Å². The quantitative estimate of drug-likeness (QED) is 0.813. The van der Waals surface area contributed by atoms with Gasteiger partial charge in [-0.15, -0.1) is 0 Å². The highest BCUT2D eigenvalue weighted by Gasteiger charge is 2.12. The standard InChI is InChI=1S/C14H11ClFN3O2/c15-8-1-6-12(16)11(7-8)13(20)18-9-2-4-10(5-3-9)19-14(17)21/h1-7H,(H,18,20)(H3,17,19,21). The first kappa shape index (κ1) is 14.8. The zero-order valence-electron chi connectivity index (χ0n) is 10.7. The van der Waals surface area contributed by atoms with Crippen molar-refractivity contribution in [2.75, 3.05) is 10.6 Å². The van der Waals surface area contributed by atoms with Crippen molar-refractivity contribution in [1.29, 1.82) is 0 Å². The second-order valence-electron chi connectivity index (χ2n) is 4.14. The summed E-state index contributed by atoms with van der Waals surface area (Å²) >= 11 is 5.73. The summed E-state index contributed by atoms with van der Waals surface area (Å²) in [5, 5.41) is 5.17. The molecule has 3 amide bonds. The Hall–Kier alpha value is -2.60. The van der Waals surface area contributed by atoms with Gasteiger partial charge in [-0.1, -0.05) is 11.6 Å². The van der Waals surface area contributed by atoms with E-state index >= 15 is 0 Å². The SMILES string of the molecule is NC(=O)Nc1ccc(NC(=O)c2cc(Cl)ccc2F)cc1. The lowest BCUT2D eigenvalue weighted by Gasteiger charge is -2.08. The van der Waals surface area contributed by atoms with Crippen LogP contribution in [0.4, 0.5) is 20.6 Å². The number of primary amides is 1. The number of urea groups is 1. The molecular formula is C14H11ClFN3O2. The van der Waals surface area contributed by atoms with Crippen molar-refractivity contribution in [2.45, 2.75) is 0 Å². The molecule has 0 radical (unpaired) electrons. The maximum atomic E-state index is 13.5. The molecule has 2 rings (SSSR count). The Morgan fingerprint density at radius 2 is 1.57 bits per heavy atom. The molecule has 0 fully saturated rings. The van der Waals surface area contributed by atoms with Crippen LogP contribution in [0.1, 0.15) is 10.4 Å². The van der Waals surface area contributed by atoms with E-state index in [9.17, 15) is 14.0 Å². The zero-order chi connectivity index (χ0) is 15.4. The number of halogens is 2. The Labute approximate surface area is 124 Å². The molecule has 5 nitrogen and oxygen atoms in total. The normalized spacial score (nSPS) is 10.0. The smallest absolute Gasteiger partial charge is 0.316 e. The van der Waals surface area contributed by atoms with E-state index in [0.29, 0.717) is 11.4 Å². The molecule has 7 heteroatoms. The minimum Gasteiger partial charge on any atom is -0.351 e. The van der Waals surface area contributed by atoms with Gasteiger partial charge in [0.25, 0.3) is 5.91 Å². The summed E-state index contributed by atoms with van der Waals surface area (Å²) in [7, 11) is 0. The van der Waals surface area contributed by atoms with Crippen LogP contribution in [-0.4, -0.2) is 11.9 Å². The number of hydrogen-bond acceptors (Lipinski definition) is 2. The predicted octanol–water partition coefficient (Wildman–Crippen LogP) is 3.22. The Kier molecular flexibility index (Phi) is 4.39. The number of anilines is 2. The summed E-state index contributed by atoms with van der Waals surface area (Å²) in [5.41, 5.74) is 5.75. The maximum absolute atomic E-state index is 13.5. The molecule has 0 aliphatic carbocycles. The van der Waals surface area contributed by atoms with Crippen LogP contribution in [0, 0.1) is 5.82 Å². The highest BCUT2D eigenvalue weighted by Crippen LogP contribution is 2.18. The third-order valence-corrected chi connectivity index (χ3v) is 2.82. The topological polar surface area (TPSA) is 84.2 Å². The van der Waals surface area contributed by atoms with Gasteiger partial charge in [0, 0.05) is 16.4 Å². The highest BCUT2D eigenvalue weighted by atomic mass is 35.5. The van der Waals surface area contributed by atoms with E-state index < -0.39 is 17.8 Å². The van der Waals surface area contributed by atoms with Crippen molar-refractivity contribution in [1.82, 2.24) is 0 Å². The van der Waals surface area contributed by atoms with Crippen LogP contribution in [-0.2, 0) is 0 Å². The average molecular weight is 308 g/mol. The molecule has 0 spiro atoms. The van der Waals surface area contributed by atoms with Gasteiger partial charge < -0.3 is 16.4 Å². The number of nitrogens with one attached hydrogen (secondary N) is 2. The molecule has 21 heavy (non-hydrogen) atoms. The second-order valence-corrected chi connectivity index (χ2v) is 4.58. The third kappa shape index (κ3) is 3.93. The van der Waals surface area contributed by atoms with Gasteiger partial charge in [0.2, 0.25) is 0 Å². The van der Waals surface area contributed by atoms with E-state index in [4.69, 9.17) is 17.3 Å². The summed E-state index contributed by atoms with van der Waals surface area (Å²) < 4.78 is 13.5. The van der Waals surface area contributed by atoms with Gasteiger partial charge >= 0.3 is 6.03 Å². The summed E-state index contributed by atoms with van der Waals surface area (Å²) in [6, 6.07) is 9.23. The lowest BCUT2D eigenvalue weighted by Crippen LogP contribution is -2.19. The maximum Gasteiger partial charge on any atom is 0.316 e. The largest absolute Gasteiger partial charge is 0.351 e. The zero-order valence-corrected chi connectivity index (χ0v) is 11.4. The number of hydrogen-bond donors (Lipinski definition) is 3. The molecule has 2 aromatic rings. The Morgan fingerprint density at radius 3 is 2.14 bits per heavy atom. The number of carbonyl (C=O) groups is 2. The van der Waals surface area contributed by atoms with Gasteiger partial charge in [0.05, 0.1) is 5.56 Å². The molecule has 0 saturated carbocycles. The number of carbonyl (C=O) groups excluding carboxylic acids is 2. The first-order chi connectivity index (χ1) is 9.95. The van der Waals surface area contributed by atoms with Crippen molar-refractivity contribution in [3.05, 3.63) is 58.9 Å². The summed E-state index contributed by atoms with van der Waals surface area (Å²) in [6.07, 6.45) is 0. The monoisotopic (exact) mass is 307 g/mol. The number of nitrogens with two attached hydrogens (primary N) is 1. The fraction of sp³-hybridized carbons (Fsp3) is 0. The Balaban J connectivity index is 2.12. The molecule has 0 aliphatic heterocycles. The molecule has 0 aliphatic rings. The Bertz CT molecular complexity index is 689. The summed E-state index contributed by atoms with van der Waals surface area (Å²) in [4.78, 5) is 22.6. The first-order valence-electron chi connectivity index (χ1n) is 5.88. The second kappa shape index (κ2) is 6.23. The molecule has 0 saturated heterocycles. The van der Waals surface area contributed by atoms with Gasteiger partial charge in [-0.25, -0.2) is 9.18 Å². The van der Waals surface area contributed by atoms with Gasteiger partial charge in [-0.05, 0) is 42.5 Å². The van der Waals surface area contributed by atoms with E-state index in [1.807, 2.05) is 0 Å². The molecule has 4 N–H and O–H groups in total. The fourth-order valence-electron chi connectivity index (χ4n) is 1.65. The minimum absolute atomic E-state index is 0.151. The molecule has 0 aromatic heterocycles. The lowest BCUT2D eigenvalue weighted by molar-refractivity contribution is 0.102. The lowest BCUT2D eigenvalue weighted by atomic mass is 10.2. The van der Waals surface area contributed by atoms with Gasteiger partial charge in [0.15, 0.2) is 0 Å².